The Labute approximate surface area is 114 Å². The lowest BCUT2D eigenvalue weighted by molar-refractivity contribution is -0.144. The Kier molecular flexibility index (Phi) is 4.79. The molecule has 2 atom stereocenters. The molecule has 3 N–H and O–H groups in total. The molecule has 0 saturated heterocycles. The third-order valence-electron chi connectivity index (χ3n) is 3.14. The fourth-order valence-corrected chi connectivity index (χ4v) is 2.16. The highest BCUT2D eigenvalue weighted by Crippen LogP contribution is 2.47. The molecule has 1 aliphatic rings. The first-order valence-electron chi connectivity index (χ1n) is 6.55. The van der Waals surface area contributed by atoms with E-state index in [1.807, 2.05) is 0 Å². The summed E-state index contributed by atoms with van der Waals surface area (Å²) in [5, 5.41) is 2.66. The smallest absolute Gasteiger partial charge is 0.408 e. The molecule has 0 spiro atoms. The van der Waals surface area contributed by atoms with Crippen LogP contribution in [0.4, 0.5) is 4.79 Å². The highest BCUT2D eigenvalue weighted by Gasteiger charge is 2.62. The lowest BCUT2D eigenvalue weighted by atomic mass is 10.1. The highest BCUT2D eigenvalue weighted by atomic mass is 16.6. The zero-order valence-corrected chi connectivity index (χ0v) is 12.1. The molecule has 1 amide bonds. The number of carbonyl (C=O) groups excluding carboxylic acids is 2. The quantitative estimate of drug-likeness (QED) is 0.733. The largest absolute Gasteiger partial charge is 0.467 e. The Balaban J connectivity index is 2.63. The molecule has 0 aromatic heterocycles. The van der Waals surface area contributed by atoms with Gasteiger partial charge in [-0.25, -0.2) is 9.59 Å². The van der Waals surface area contributed by atoms with Gasteiger partial charge in [-0.1, -0.05) is 0 Å². The minimum atomic E-state index is -0.924. The van der Waals surface area contributed by atoms with E-state index in [9.17, 15) is 9.59 Å². The average molecular weight is 272 g/mol. The summed E-state index contributed by atoms with van der Waals surface area (Å²) in [6.07, 6.45) is 1.60. The van der Waals surface area contributed by atoms with Crippen molar-refractivity contribution in [3.8, 4) is 0 Å². The molecule has 0 bridgehead atoms. The Morgan fingerprint density at radius 2 is 2.05 bits per heavy atom. The number of carbonyl (C=O) groups is 2. The molecule has 2 unspecified atom stereocenters. The molecule has 0 aromatic carbocycles. The molecule has 0 aromatic rings. The van der Waals surface area contributed by atoms with E-state index in [0.717, 1.165) is 12.8 Å². The second-order valence-electron chi connectivity index (χ2n) is 5.92. The maximum absolute atomic E-state index is 11.8. The number of hydrogen-bond donors (Lipinski definition) is 2. The van der Waals surface area contributed by atoms with Crippen LogP contribution in [0.1, 0.15) is 40.0 Å². The monoisotopic (exact) mass is 272 g/mol. The van der Waals surface area contributed by atoms with Crippen molar-refractivity contribution in [2.45, 2.75) is 51.2 Å². The first-order chi connectivity index (χ1) is 8.75. The summed E-state index contributed by atoms with van der Waals surface area (Å²) >= 11 is 0. The molecular weight excluding hydrogens is 248 g/mol. The minimum Gasteiger partial charge on any atom is -0.467 e. The van der Waals surface area contributed by atoms with Gasteiger partial charge in [0.25, 0.3) is 0 Å². The van der Waals surface area contributed by atoms with Gasteiger partial charge >= 0.3 is 12.1 Å². The molecule has 1 aliphatic carbocycles. The second kappa shape index (κ2) is 5.77. The molecule has 19 heavy (non-hydrogen) atoms. The first kappa shape index (κ1) is 15.8. The van der Waals surface area contributed by atoms with Crippen LogP contribution in [0.15, 0.2) is 0 Å². The van der Waals surface area contributed by atoms with Crippen LogP contribution in [0.5, 0.6) is 0 Å². The minimum absolute atomic E-state index is 0.0796. The van der Waals surface area contributed by atoms with E-state index in [4.69, 9.17) is 15.2 Å². The summed E-state index contributed by atoms with van der Waals surface area (Å²) in [6.45, 7) is 5.89. The molecule has 0 aliphatic heterocycles. The maximum Gasteiger partial charge on any atom is 0.408 e. The van der Waals surface area contributed by atoms with Crippen LogP contribution in [0.3, 0.4) is 0 Å². The molecule has 1 fully saturated rings. The number of rotatable bonds is 5. The van der Waals surface area contributed by atoms with Gasteiger partial charge in [0.1, 0.15) is 11.1 Å². The summed E-state index contributed by atoms with van der Waals surface area (Å²) in [7, 11) is 1.32. The standard InChI is InChI=1S/C13H24N2O4/c1-12(2,3)19-11(17)15-13(10(16)18-4)8-9(13)6-5-7-14/h9H,5-8,14H2,1-4H3,(H,15,17). The molecule has 1 rings (SSSR count). The summed E-state index contributed by atoms with van der Waals surface area (Å²) in [4.78, 5) is 23.6. The summed E-state index contributed by atoms with van der Waals surface area (Å²) in [5.74, 6) is -0.337. The summed E-state index contributed by atoms with van der Waals surface area (Å²) < 4.78 is 9.96. The number of alkyl carbamates (subject to hydrolysis) is 1. The van der Waals surface area contributed by atoms with Gasteiger partial charge in [-0.05, 0) is 52.5 Å². The Hall–Kier alpha value is -1.30. The number of ether oxygens (including phenoxy) is 2. The van der Waals surface area contributed by atoms with Crippen molar-refractivity contribution in [1.29, 1.82) is 0 Å². The van der Waals surface area contributed by atoms with Gasteiger partial charge in [0.05, 0.1) is 7.11 Å². The fraction of sp³-hybridized carbons (Fsp3) is 0.846. The Morgan fingerprint density at radius 1 is 1.42 bits per heavy atom. The van der Waals surface area contributed by atoms with Gasteiger partial charge in [-0.3, -0.25) is 0 Å². The summed E-state index contributed by atoms with van der Waals surface area (Å²) in [5.41, 5.74) is 3.94. The number of esters is 1. The lowest BCUT2D eigenvalue weighted by Crippen LogP contribution is -2.47. The average Bonchev–Trinajstić information content (AvgIpc) is 2.97. The molecule has 0 heterocycles. The maximum atomic E-state index is 11.8. The van der Waals surface area contributed by atoms with Gasteiger partial charge in [-0.2, -0.15) is 0 Å². The topological polar surface area (TPSA) is 90.6 Å². The van der Waals surface area contributed by atoms with Crippen LogP contribution >= 0.6 is 0 Å². The fourth-order valence-electron chi connectivity index (χ4n) is 2.16. The number of amides is 1. The normalized spacial score (nSPS) is 25.6. The van der Waals surface area contributed by atoms with E-state index in [0.29, 0.717) is 13.0 Å². The first-order valence-corrected chi connectivity index (χ1v) is 6.55. The SMILES string of the molecule is COC(=O)C1(NC(=O)OC(C)(C)C)CC1CCCN. The molecule has 6 nitrogen and oxygen atoms in total. The van der Waals surface area contributed by atoms with Crippen LogP contribution in [0.25, 0.3) is 0 Å². The Morgan fingerprint density at radius 3 is 2.53 bits per heavy atom. The second-order valence-corrected chi connectivity index (χ2v) is 5.92. The van der Waals surface area contributed by atoms with E-state index >= 15 is 0 Å². The van der Waals surface area contributed by atoms with Crippen molar-refractivity contribution in [2.24, 2.45) is 11.7 Å². The lowest BCUT2D eigenvalue weighted by Gasteiger charge is -2.23. The van der Waals surface area contributed by atoms with E-state index in [-0.39, 0.29) is 5.92 Å². The van der Waals surface area contributed by atoms with E-state index in [2.05, 4.69) is 5.32 Å². The van der Waals surface area contributed by atoms with Crippen molar-refractivity contribution in [2.75, 3.05) is 13.7 Å². The molecule has 6 heteroatoms. The van der Waals surface area contributed by atoms with Gasteiger partial charge in [0, 0.05) is 0 Å². The van der Waals surface area contributed by atoms with Crippen molar-refractivity contribution in [3.05, 3.63) is 0 Å². The number of hydrogen-bond acceptors (Lipinski definition) is 5. The third-order valence-corrected chi connectivity index (χ3v) is 3.14. The van der Waals surface area contributed by atoms with Crippen molar-refractivity contribution in [1.82, 2.24) is 5.32 Å². The predicted molar refractivity (Wildman–Crippen MR) is 70.5 cm³/mol. The van der Waals surface area contributed by atoms with Crippen LogP contribution in [-0.2, 0) is 14.3 Å². The number of nitrogens with one attached hydrogen (secondary N) is 1. The number of methoxy groups -OCH3 is 1. The van der Waals surface area contributed by atoms with Crippen LogP contribution in [0, 0.1) is 5.92 Å². The van der Waals surface area contributed by atoms with Crippen molar-refractivity contribution < 1.29 is 19.1 Å². The van der Waals surface area contributed by atoms with E-state index in [1.165, 1.54) is 7.11 Å². The molecule has 110 valence electrons. The third kappa shape index (κ3) is 4.09. The van der Waals surface area contributed by atoms with Gasteiger partial charge in [0.2, 0.25) is 0 Å². The van der Waals surface area contributed by atoms with E-state index < -0.39 is 23.2 Å². The van der Waals surface area contributed by atoms with Crippen LogP contribution in [0.2, 0.25) is 0 Å². The summed E-state index contributed by atoms with van der Waals surface area (Å²) in [6, 6.07) is 0. The van der Waals surface area contributed by atoms with Crippen LogP contribution in [-0.4, -0.2) is 36.9 Å². The van der Waals surface area contributed by atoms with Gasteiger partial charge in [0.15, 0.2) is 0 Å². The molecule has 0 radical (unpaired) electrons. The Bertz CT molecular complexity index is 351. The zero-order chi connectivity index (χ0) is 14.7. The van der Waals surface area contributed by atoms with Crippen molar-refractivity contribution in [3.63, 3.8) is 0 Å². The zero-order valence-electron chi connectivity index (χ0n) is 12.1. The highest BCUT2D eigenvalue weighted by molar-refractivity contribution is 5.89. The predicted octanol–water partition coefficient (Wildman–Crippen LogP) is 1.18. The van der Waals surface area contributed by atoms with E-state index in [1.54, 1.807) is 20.8 Å². The molecule has 1 saturated carbocycles. The number of nitrogens with two attached hydrogens (primary N) is 1. The molecular formula is C13H24N2O4. The van der Waals surface area contributed by atoms with Gasteiger partial charge < -0.3 is 20.5 Å². The van der Waals surface area contributed by atoms with Crippen molar-refractivity contribution >= 4 is 12.1 Å². The van der Waals surface area contributed by atoms with Gasteiger partial charge in [-0.15, -0.1) is 0 Å². The van der Waals surface area contributed by atoms with Crippen LogP contribution < -0.4 is 11.1 Å².